The maximum atomic E-state index is 2.37. The van der Waals surface area contributed by atoms with Crippen molar-refractivity contribution in [1.82, 2.24) is 4.57 Å². The maximum Gasteiger partial charge on any atom is 0.0541 e. The van der Waals surface area contributed by atoms with Gasteiger partial charge in [0.15, 0.2) is 0 Å². The predicted octanol–water partition coefficient (Wildman–Crippen LogP) is 16.1. The highest BCUT2D eigenvalue weighted by molar-refractivity contribution is 6.12. The third-order valence-electron chi connectivity index (χ3n) is 11.8. The van der Waals surface area contributed by atoms with Gasteiger partial charge in [-0.1, -0.05) is 176 Å². The molecule has 0 atom stereocenters. The topological polar surface area (TPSA) is 8.17 Å². The highest BCUT2D eigenvalue weighted by Crippen LogP contribution is 2.41. The van der Waals surface area contributed by atoms with Crippen LogP contribution in [0.2, 0.25) is 0 Å². The second kappa shape index (κ2) is 15.1. The van der Waals surface area contributed by atoms with E-state index in [2.05, 4.69) is 252 Å². The Bertz CT molecular complexity index is 3260. The summed E-state index contributed by atoms with van der Waals surface area (Å²) in [6, 6.07) is 87.7. The molecule has 0 N–H and O–H groups in total. The zero-order chi connectivity index (χ0) is 39.8. The summed E-state index contributed by atoms with van der Waals surface area (Å²) in [6.07, 6.45) is 0. The van der Waals surface area contributed by atoms with Crippen molar-refractivity contribution >= 4 is 49.6 Å². The fraction of sp³-hybridized carbons (Fsp3) is 0. The zero-order valence-corrected chi connectivity index (χ0v) is 33.0. The number of benzene rings is 10. The third kappa shape index (κ3) is 6.32. The van der Waals surface area contributed by atoms with Crippen LogP contribution in [0.15, 0.2) is 243 Å². The highest BCUT2D eigenvalue weighted by atomic mass is 15.1. The van der Waals surface area contributed by atoms with E-state index in [9.17, 15) is 0 Å². The molecule has 10 aromatic carbocycles. The van der Waals surface area contributed by atoms with E-state index < -0.39 is 0 Å². The van der Waals surface area contributed by atoms with Crippen molar-refractivity contribution in [2.75, 3.05) is 4.90 Å². The SMILES string of the molecule is c1ccc(-c2ccc(N(c3ccccc3)c3ccc(-c4ccc(-c5ccc(-c6ccc7c(c6)c6ccccc6n7-c6ccccc6)c6ccccc56)cc4)cc3)cc2)cc1. The lowest BCUT2D eigenvalue weighted by Gasteiger charge is -2.26. The van der Waals surface area contributed by atoms with Crippen molar-refractivity contribution in [3.63, 3.8) is 0 Å². The molecule has 2 heteroatoms. The van der Waals surface area contributed by atoms with Crippen LogP contribution in [0.4, 0.5) is 17.1 Å². The smallest absolute Gasteiger partial charge is 0.0541 e. The second-order valence-electron chi connectivity index (χ2n) is 15.3. The van der Waals surface area contributed by atoms with Crippen LogP contribution in [0.3, 0.4) is 0 Å². The summed E-state index contributed by atoms with van der Waals surface area (Å²) in [7, 11) is 0. The molecule has 0 fully saturated rings. The molecule has 0 saturated heterocycles. The molecule has 2 nitrogen and oxygen atoms in total. The van der Waals surface area contributed by atoms with Gasteiger partial charge in [0, 0.05) is 33.5 Å². The van der Waals surface area contributed by atoms with Gasteiger partial charge in [0.05, 0.1) is 11.0 Å². The molecule has 11 aromatic rings. The standard InChI is InChI=1S/C58H40N2/c1-4-14-41(15-5-1)43-28-33-49(34-29-43)59(47-16-6-2-7-17-47)50-35-30-44(31-36-50)42-24-26-45(27-25-42)51-37-38-52(54-21-11-10-20-53(51)54)46-32-39-58-56(40-46)55-22-12-13-23-57(55)60(58)48-18-8-3-9-19-48/h1-40H. The van der Waals surface area contributed by atoms with Gasteiger partial charge in [0.25, 0.3) is 0 Å². The van der Waals surface area contributed by atoms with Gasteiger partial charge in [-0.15, -0.1) is 0 Å². The Labute approximate surface area is 350 Å². The Morgan fingerprint density at radius 2 is 0.650 bits per heavy atom. The number of para-hydroxylation sites is 3. The molecule has 0 radical (unpaired) electrons. The quantitative estimate of drug-likeness (QED) is 0.150. The molecule has 0 unspecified atom stereocenters. The number of hydrogen-bond acceptors (Lipinski definition) is 1. The van der Waals surface area contributed by atoms with E-state index in [1.54, 1.807) is 0 Å². The van der Waals surface area contributed by atoms with Crippen LogP contribution in [0, 0.1) is 0 Å². The fourth-order valence-electron chi connectivity index (χ4n) is 8.90. The monoisotopic (exact) mass is 764 g/mol. The van der Waals surface area contributed by atoms with Gasteiger partial charge in [-0.2, -0.15) is 0 Å². The lowest BCUT2D eigenvalue weighted by atomic mass is 9.91. The van der Waals surface area contributed by atoms with E-state index in [4.69, 9.17) is 0 Å². The van der Waals surface area contributed by atoms with Crippen LogP contribution < -0.4 is 4.90 Å². The van der Waals surface area contributed by atoms with Gasteiger partial charge < -0.3 is 9.47 Å². The normalized spacial score (nSPS) is 11.3. The number of anilines is 3. The Kier molecular flexibility index (Phi) is 8.87. The molecule has 0 aliphatic rings. The summed E-state index contributed by atoms with van der Waals surface area (Å²) >= 11 is 0. The third-order valence-corrected chi connectivity index (χ3v) is 11.8. The average molecular weight is 765 g/mol. The molecular formula is C58H40N2. The van der Waals surface area contributed by atoms with Crippen LogP contribution in [-0.4, -0.2) is 4.57 Å². The van der Waals surface area contributed by atoms with E-state index in [1.165, 1.54) is 82.8 Å². The summed E-state index contributed by atoms with van der Waals surface area (Å²) in [5, 5.41) is 5.01. The molecule has 0 bridgehead atoms. The number of fused-ring (bicyclic) bond motifs is 4. The first-order chi connectivity index (χ1) is 29.8. The molecule has 1 aromatic heterocycles. The summed E-state index contributed by atoms with van der Waals surface area (Å²) in [4.78, 5) is 2.32. The maximum absolute atomic E-state index is 2.37. The van der Waals surface area contributed by atoms with E-state index in [-0.39, 0.29) is 0 Å². The molecule has 1 heterocycles. The second-order valence-corrected chi connectivity index (χ2v) is 15.3. The van der Waals surface area contributed by atoms with Gasteiger partial charge in [0.2, 0.25) is 0 Å². The van der Waals surface area contributed by atoms with E-state index in [0.717, 1.165) is 17.1 Å². The predicted molar refractivity (Wildman–Crippen MR) is 255 cm³/mol. The molecule has 0 spiro atoms. The van der Waals surface area contributed by atoms with Crippen molar-refractivity contribution in [3.05, 3.63) is 243 Å². The lowest BCUT2D eigenvalue weighted by molar-refractivity contribution is 1.18. The Balaban J connectivity index is 0.903. The first kappa shape index (κ1) is 35.2. The van der Waals surface area contributed by atoms with E-state index in [1.807, 2.05) is 0 Å². The molecule has 11 rings (SSSR count). The first-order valence-electron chi connectivity index (χ1n) is 20.6. The van der Waals surface area contributed by atoms with Crippen LogP contribution in [0.5, 0.6) is 0 Å². The minimum Gasteiger partial charge on any atom is -0.311 e. The van der Waals surface area contributed by atoms with Crippen molar-refractivity contribution in [3.8, 4) is 50.2 Å². The highest BCUT2D eigenvalue weighted by Gasteiger charge is 2.16. The number of nitrogens with zero attached hydrogens (tertiary/aromatic N) is 2. The molecule has 0 aliphatic heterocycles. The van der Waals surface area contributed by atoms with Crippen LogP contribution >= 0.6 is 0 Å². The summed E-state index contributed by atoms with van der Waals surface area (Å²) in [5.74, 6) is 0. The minimum atomic E-state index is 1.11. The van der Waals surface area contributed by atoms with E-state index >= 15 is 0 Å². The first-order valence-corrected chi connectivity index (χ1v) is 20.6. The molecular weight excluding hydrogens is 725 g/mol. The number of aromatic nitrogens is 1. The number of rotatable bonds is 8. The van der Waals surface area contributed by atoms with Crippen molar-refractivity contribution in [2.45, 2.75) is 0 Å². The minimum absolute atomic E-state index is 1.11. The van der Waals surface area contributed by atoms with Crippen LogP contribution in [0.25, 0.3) is 82.8 Å². The van der Waals surface area contributed by atoms with Gasteiger partial charge in [-0.3, -0.25) is 0 Å². The summed E-state index contributed by atoms with van der Waals surface area (Å²) in [6.45, 7) is 0. The Morgan fingerprint density at radius 1 is 0.250 bits per heavy atom. The van der Waals surface area contributed by atoms with Crippen molar-refractivity contribution < 1.29 is 0 Å². The van der Waals surface area contributed by atoms with Crippen molar-refractivity contribution in [2.24, 2.45) is 0 Å². The largest absolute Gasteiger partial charge is 0.311 e. The van der Waals surface area contributed by atoms with Crippen LogP contribution in [0.1, 0.15) is 0 Å². The van der Waals surface area contributed by atoms with Gasteiger partial charge in [0.1, 0.15) is 0 Å². The molecule has 0 saturated carbocycles. The summed E-state index contributed by atoms with van der Waals surface area (Å²) < 4.78 is 2.37. The van der Waals surface area contributed by atoms with E-state index in [0.29, 0.717) is 0 Å². The average Bonchev–Trinajstić information content (AvgIpc) is 3.66. The van der Waals surface area contributed by atoms with Gasteiger partial charge in [-0.25, -0.2) is 0 Å². The van der Waals surface area contributed by atoms with Gasteiger partial charge >= 0.3 is 0 Å². The Hall–Kier alpha value is -7.94. The molecule has 282 valence electrons. The fourth-order valence-corrected chi connectivity index (χ4v) is 8.90. The Morgan fingerprint density at radius 3 is 1.25 bits per heavy atom. The number of hydrogen-bond donors (Lipinski definition) is 0. The zero-order valence-electron chi connectivity index (χ0n) is 33.0. The summed E-state index contributed by atoms with van der Waals surface area (Å²) in [5.41, 5.74) is 16.6. The molecule has 60 heavy (non-hydrogen) atoms. The molecule has 0 aliphatic carbocycles. The molecule has 0 amide bonds. The van der Waals surface area contributed by atoms with Crippen LogP contribution in [-0.2, 0) is 0 Å². The van der Waals surface area contributed by atoms with Crippen molar-refractivity contribution in [1.29, 1.82) is 0 Å². The van der Waals surface area contributed by atoms with Gasteiger partial charge in [-0.05, 0) is 122 Å². The lowest BCUT2D eigenvalue weighted by Crippen LogP contribution is -2.09.